The molecular weight excluding hydrogens is 388 g/mol. The van der Waals surface area contributed by atoms with Gasteiger partial charge in [-0.1, -0.05) is 12.1 Å². The second kappa shape index (κ2) is 10.5. The first kappa shape index (κ1) is 22.2. The first-order chi connectivity index (χ1) is 13.9. The van der Waals surface area contributed by atoms with Gasteiger partial charge in [0.2, 0.25) is 15.9 Å². The molecule has 162 valence electrons. The second-order valence-electron chi connectivity index (χ2n) is 8.24. The molecule has 0 aromatic heterocycles. The molecular formula is C21H34N4O3S. The maximum absolute atomic E-state index is 12.2. The molecule has 0 bridgehead atoms. The van der Waals surface area contributed by atoms with Crippen LogP contribution in [0.15, 0.2) is 29.2 Å². The number of unbranched alkanes of at least 4 members (excludes halogenated alkanes) is 1. The molecule has 1 aliphatic heterocycles. The first-order valence-corrected chi connectivity index (χ1v) is 12.2. The summed E-state index contributed by atoms with van der Waals surface area (Å²) in [4.78, 5) is 17.2. The molecule has 1 heterocycles. The predicted molar refractivity (Wildman–Crippen MR) is 114 cm³/mol. The Balaban J connectivity index is 1.28. The fourth-order valence-electron chi connectivity index (χ4n) is 3.43. The van der Waals surface area contributed by atoms with Crippen molar-refractivity contribution in [2.24, 2.45) is 0 Å². The highest BCUT2D eigenvalue weighted by molar-refractivity contribution is 7.89. The lowest BCUT2D eigenvalue weighted by Crippen LogP contribution is -2.44. The van der Waals surface area contributed by atoms with Crippen LogP contribution in [0.25, 0.3) is 0 Å². The van der Waals surface area contributed by atoms with Gasteiger partial charge >= 0.3 is 0 Å². The molecule has 8 heteroatoms. The van der Waals surface area contributed by atoms with E-state index in [0.717, 1.165) is 70.5 Å². The van der Waals surface area contributed by atoms with Crippen LogP contribution in [0.3, 0.4) is 0 Å². The summed E-state index contributed by atoms with van der Waals surface area (Å²) in [6.07, 6.45) is 4.98. The van der Waals surface area contributed by atoms with Crippen LogP contribution in [0.1, 0.15) is 37.7 Å². The molecule has 2 N–H and O–H groups in total. The van der Waals surface area contributed by atoms with E-state index >= 15 is 0 Å². The van der Waals surface area contributed by atoms with Crippen molar-refractivity contribution in [3.63, 3.8) is 0 Å². The van der Waals surface area contributed by atoms with E-state index in [0.29, 0.717) is 12.8 Å². The number of aryl methyl sites for hydroxylation is 1. The Morgan fingerprint density at radius 3 is 2.41 bits per heavy atom. The molecule has 2 aliphatic rings. The number of hydrogen-bond acceptors (Lipinski definition) is 5. The lowest BCUT2D eigenvalue weighted by molar-refractivity contribution is -0.121. The van der Waals surface area contributed by atoms with Crippen LogP contribution in [0.5, 0.6) is 0 Å². The Morgan fingerprint density at radius 1 is 1.07 bits per heavy atom. The molecule has 2 fully saturated rings. The smallest absolute Gasteiger partial charge is 0.240 e. The highest BCUT2D eigenvalue weighted by Gasteiger charge is 2.27. The fraction of sp³-hybridized carbons (Fsp3) is 0.667. The Bertz CT molecular complexity index is 755. The average Bonchev–Trinajstić information content (AvgIpc) is 3.51. The van der Waals surface area contributed by atoms with Crippen LogP contribution >= 0.6 is 0 Å². The summed E-state index contributed by atoms with van der Waals surface area (Å²) in [6, 6.07) is 6.94. The number of carbonyl (C=O) groups is 1. The normalized spacial score (nSPS) is 18.7. The van der Waals surface area contributed by atoms with Crippen LogP contribution in [0, 0.1) is 0 Å². The minimum Gasteiger partial charge on any atom is -0.356 e. The highest BCUT2D eigenvalue weighted by atomic mass is 32.2. The van der Waals surface area contributed by atoms with E-state index in [1.54, 1.807) is 24.3 Å². The molecule has 0 atom stereocenters. The molecule has 7 nitrogen and oxygen atoms in total. The van der Waals surface area contributed by atoms with Crippen molar-refractivity contribution in [1.82, 2.24) is 19.8 Å². The van der Waals surface area contributed by atoms with Gasteiger partial charge in [-0.2, -0.15) is 0 Å². The Labute approximate surface area is 174 Å². The first-order valence-electron chi connectivity index (χ1n) is 10.7. The number of sulfonamides is 1. The SMILES string of the molecule is CN1CCN(CCCCNC(=O)CCc2ccc(S(=O)(=O)NC3CC3)cc2)CC1. The van der Waals surface area contributed by atoms with Crippen molar-refractivity contribution in [2.75, 3.05) is 46.3 Å². The summed E-state index contributed by atoms with van der Waals surface area (Å²) in [5.74, 6) is 0.0525. The van der Waals surface area contributed by atoms with E-state index in [1.165, 1.54) is 0 Å². The second-order valence-corrected chi connectivity index (χ2v) is 9.96. The molecule has 29 heavy (non-hydrogen) atoms. The van der Waals surface area contributed by atoms with Crippen LogP contribution in [-0.2, 0) is 21.2 Å². The third-order valence-corrected chi connectivity index (χ3v) is 7.13. The summed E-state index contributed by atoms with van der Waals surface area (Å²) in [6.45, 7) is 6.38. The van der Waals surface area contributed by atoms with E-state index in [1.807, 2.05) is 0 Å². The highest BCUT2D eigenvalue weighted by Crippen LogP contribution is 2.22. The number of nitrogens with zero attached hydrogens (tertiary/aromatic N) is 2. The molecule has 1 saturated carbocycles. The van der Waals surface area contributed by atoms with Gasteiger partial charge in [0.1, 0.15) is 0 Å². The van der Waals surface area contributed by atoms with Gasteiger partial charge < -0.3 is 15.1 Å². The molecule has 0 unspecified atom stereocenters. The van der Waals surface area contributed by atoms with Gasteiger partial charge in [-0.15, -0.1) is 0 Å². The fourth-order valence-corrected chi connectivity index (χ4v) is 4.73. The lowest BCUT2D eigenvalue weighted by Gasteiger charge is -2.32. The number of hydrogen-bond donors (Lipinski definition) is 2. The summed E-state index contributed by atoms with van der Waals surface area (Å²) in [5, 5.41) is 2.99. The molecule has 1 aromatic carbocycles. The van der Waals surface area contributed by atoms with Gasteiger partial charge in [-0.3, -0.25) is 4.79 Å². The summed E-state index contributed by atoms with van der Waals surface area (Å²) < 4.78 is 27.0. The van der Waals surface area contributed by atoms with E-state index in [4.69, 9.17) is 0 Å². The van der Waals surface area contributed by atoms with Gasteiger partial charge in [0.25, 0.3) is 0 Å². The minimum absolute atomic E-state index is 0.0525. The predicted octanol–water partition coefficient (Wildman–Crippen LogP) is 1.20. The lowest BCUT2D eigenvalue weighted by atomic mass is 10.1. The van der Waals surface area contributed by atoms with Crippen molar-refractivity contribution in [1.29, 1.82) is 0 Å². The number of nitrogens with one attached hydrogen (secondary N) is 2. The number of rotatable bonds is 11. The average molecular weight is 423 g/mol. The molecule has 0 spiro atoms. The molecule has 0 radical (unpaired) electrons. The number of benzene rings is 1. The monoisotopic (exact) mass is 422 g/mol. The zero-order valence-corrected chi connectivity index (χ0v) is 18.2. The van der Waals surface area contributed by atoms with Crippen LogP contribution in [-0.4, -0.2) is 76.5 Å². The van der Waals surface area contributed by atoms with Crippen molar-refractivity contribution < 1.29 is 13.2 Å². The zero-order chi connectivity index (χ0) is 20.7. The van der Waals surface area contributed by atoms with E-state index in [9.17, 15) is 13.2 Å². The topological polar surface area (TPSA) is 81.8 Å². The van der Waals surface area contributed by atoms with E-state index in [2.05, 4.69) is 26.9 Å². The number of amides is 1. The van der Waals surface area contributed by atoms with Crippen LogP contribution < -0.4 is 10.0 Å². The quantitative estimate of drug-likeness (QED) is 0.524. The van der Waals surface area contributed by atoms with Crippen molar-refractivity contribution in [3.8, 4) is 0 Å². The maximum Gasteiger partial charge on any atom is 0.240 e. The van der Waals surface area contributed by atoms with Crippen molar-refractivity contribution in [2.45, 2.75) is 49.5 Å². The number of piperazine rings is 1. The van der Waals surface area contributed by atoms with E-state index < -0.39 is 10.0 Å². The van der Waals surface area contributed by atoms with Gasteiger partial charge in [0.15, 0.2) is 0 Å². The Kier molecular flexibility index (Phi) is 8.06. The summed E-state index contributed by atoms with van der Waals surface area (Å²) in [5.41, 5.74) is 0.973. The van der Waals surface area contributed by atoms with Gasteiger partial charge in [-0.05, 0) is 63.4 Å². The van der Waals surface area contributed by atoms with Gasteiger partial charge in [0, 0.05) is 45.2 Å². The van der Waals surface area contributed by atoms with Crippen LogP contribution in [0.4, 0.5) is 0 Å². The molecule has 1 aromatic rings. The number of carbonyl (C=O) groups excluding carboxylic acids is 1. The van der Waals surface area contributed by atoms with Crippen LogP contribution in [0.2, 0.25) is 0 Å². The van der Waals surface area contributed by atoms with Gasteiger partial charge in [0.05, 0.1) is 4.90 Å². The van der Waals surface area contributed by atoms with Crippen molar-refractivity contribution >= 4 is 15.9 Å². The Morgan fingerprint density at radius 2 is 1.76 bits per heavy atom. The third kappa shape index (κ3) is 7.70. The van der Waals surface area contributed by atoms with Crippen molar-refractivity contribution in [3.05, 3.63) is 29.8 Å². The Hall–Kier alpha value is -1.48. The molecule has 1 aliphatic carbocycles. The number of likely N-dealkylation sites (N-methyl/N-ethyl adjacent to an activating group) is 1. The minimum atomic E-state index is -3.41. The third-order valence-electron chi connectivity index (χ3n) is 5.59. The molecule has 1 amide bonds. The molecule has 1 saturated heterocycles. The summed E-state index contributed by atoms with van der Waals surface area (Å²) in [7, 11) is -1.25. The zero-order valence-electron chi connectivity index (χ0n) is 17.4. The van der Waals surface area contributed by atoms with E-state index in [-0.39, 0.29) is 16.8 Å². The molecule has 3 rings (SSSR count). The standard InChI is InChI=1S/C21H34N4O3S/c1-24-14-16-25(17-15-24)13-3-2-12-22-21(26)11-6-18-4-9-20(10-5-18)29(27,28)23-19-7-8-19/h4-5,9-10,19,23H,2-3,6-8,11-17H2,1H3,(H,22,26). The summed E-state index contributed by atoms with van der Waals surface area (Å²) >= 11 is 0. The van der Waals surface area contributed by atoms with Gasteiger partial charge in [-0.25, -0.2) is 13.1 Å². The maximum atomic E-state index is 12.2. The largest absolute Gasteiger partial charge is 0.356 e.